The van der Waals surface area contributed by atoms with Gasteiger partial charge in [-0.2, -0.15) is 0 Å². The molecule has 0 bridgehead atoms. The molecule has 1 saturated heterocycles. The predicted octanol–water partition coefficient (Wildman–Crippen LogP) is 2.30. The molecule has 2 rings (SSSR count). The minimum Gasteiger partial charge on any atom is -0.497 e. The van der Waals surface area contributed by atoms with Gasteiger partial charge >= 0.3 is 6.09 Å². The van der Waals surface area contributed by atoms with Gasteiger partial charge in [-0.15, -0.1) is 0 Å². The van der Waals surface area contributed by atoms with Gasteiger partial charge in [0.15, 0.2) is 0 Å². The number of imide groups is 1. The molecule has 0 N–H and O–H groups in total. The van der Waals surface area contributed by atoms with Crippen molar-refractivity contribution in [1.82, 2.24) is 9.80 Å². The van der Waals surface area contributed by atoms with E-state index in [0.717, 1.165) is 0 Å². The van der Waals surface area contributed by atoms with Crippen LogP contribution in [0.4, 0.5) is 4.79 Å². The number of methoxy groups -OCH3 is 1. The van der Waals surface area contributed by atoms with Gasteiger partial charge in [0.1, 0.15) is 11.4 Å². The van der Waals surface area contributed by atoms with E-state index in [1.165, 1.54) is 9.80 Å². The second kappa shape index (κ2) is 7.55. The van der Waals surface area contributed by atoms with Crippen LogP contribution in [0.3, 0.4) is 0 Å². The van der Waals surface area contributed by atoms with Crippen LogP contribution in [0, 0.1) is 0 Å². The van der Waals surface area contributed by atoms with Gasteiger partial charge in [0, 0.05) is 31.6 Å². The van der Waals surface area contributed by atoms with Gasteiger partial charge in [-0.25, -0.2) is 4.79 Å². The molecule has 0 unspecified atom stereocenters. The van der Waals surface area contributed by atoms with Crippen molar-refractivity contribution in [2.45, 2.75) is 32.8 Å². The first-order chi connectivity index (χ1) is 11.7. The number of nitrogens with zero attached hydrogens (tertiary/aromatic N) is 2. The van der Waals surface area contributed by atoms with E-state index in [0.29, 0.717) is 11.3 Å². The smallest absolute Gasteiger partial charge is 0.410 e. The summed E-state index contributed by atoms with van der Waals surface area (Å²) in [4.78, 5) is 39.7. The topological polar surface area (TPSA) is 76.2 Å². The molecule has 0 saturated carbocycles. The second-order valence-electron chi connectivity index (χ2n) is 6.80. The van der Waals surface area contributed by atoms with Gasteiger partial charge in [0.05, 0.1) is 7.11 Å². The van der Waals surface area contributed by atoms with Crippen LogP contribution < -0.4 is 4.74 Å². The molecular formula is C18H24N2O5. The van der Waals surface area contributed by atoms with Crippen molar-refractivity contribution in [1.29, 1.82) is 0 Å². The molecule has 1 aliphatic rings. The Kier molecular flexibility index (Phi) is 5.66. The van der Waals surface area contributed by atoms with Crippen LogP contribution >= 0.6 is 0 Å². The standard InChI is InChI=1S/C18H24N2O5/c1-18(2,3)25-17(23)19-10-9-15(21)20(12-11-19)16(22)13-5-7-14(24-4)8-6-13/h5-8H,9-12H2,1-4H3. The van der Waals surface area contributed by atoms with E-state index in [1.54, 1.807) is 52.1 Å². The third kappa shape index (κ3) is 4.95. The first kappa shape index (κ1) is 18.8. The summed E-state index contributed by atoms with van der Waals surface area (Å²) in [6.45, 7) is 5.99. The lowest BCUT2D eigenvalue weighted by atomic mass is 10.2. The maximum Gasteiger partial charge on any atom is 0.410 e. The van der Waals surface area contributed by atoms with Gasteiger partial charge in [0.25, 0.3) is 5.91 Å². The van der Waals surface area contributed by atoms with Gasteiger partial charge < -0.3 is 14.4 Å². The average Bonchev–Trinajstić information content (AvgIpc) is 2.74. The lowest BCUT2D eigenvalue weighted by Crippen LogP contribution is -2.40. The largest absolute Gasteiger partial charge is 0.497 e. The van der Waals surface area contributed by atoms with E-state index >= 15 is 0 Å². The van der Waals surface area contributed by atoms with Crippen molar-refractivity contribution < 1.29 is 23.9 Å². The van der Waals surface area contributed by atoms with Crippen LogP contribution in [-0.4, -0.2) is 60.1 Å². The SMILES string of the molecule is COc1ccc(C(=O)N2CCN(C(=O)OC(C)(C)C)CCC2=O)cc1. The molecule has 7 nitrogen and oxygen atoms in total. The van der Waals surface area contributed by atoms with Crippen LogP contribution in [0.2, 0.25) is 0 Å². The Balaban J connectivity index is 2.06. The minimum atomic E-state index is -0.605. The molecule has 0 spiro atoms. The van der Waals surface area contributed by atoms with Crippen LogP contribution in [-0.2, 0) is 9.53 Å². The summed E-state index contributed by atoms with van der Waals surface area (Å²) in [5, 5.41) is 0. The summed E-state index contributed by atoms with van der Waals surface area (Å²) in [6.07, 6.45) is -0.389. The summed E-state index contributed by atoms with van der Waals surface area (Å²) in [5.74, 6) is -0.0413. The molecule has 136 valence electrons. The highest BCUT2D eigenvalue weighted by atomic mass is 16.6. The normalized spacial score (nSPS) is 15.6. The third-order valence-electron chi connectivity index (χ3n) is 3.72. The highest BCUT2D eigenvalue weighted by molar-refractivity contribution is 6.05. The van der Waals surface area contributed by atoms with E-state index in [2.05, 4.69) is 0 Å². The fourth-order valence-corrected chi connectivity index (χ4v) is 2.44. The second-order valence-corrected chi connectivity index (χ2v) is 6.80. The maximum atomic E-state index is 12.6. The molecule has 0 radical (unpaired) electrons. The first-order valence-corrected chi connectivity index (χ1v) is 8.18. The number of benzene rings is 1. The molecule has 25 heavy (non-hydrogen) atoms. The van der Waals surface area contributed by atoms with Crippen molar-refractivity contribution >= 4 is 17.9 Å². The Bertz CT molecular complexity index is 648. The molecule has 1 aliphatic heterocycles. The van der Waals surface area contributed by atoms with Crippen LogP contribution in [0.1, 0.15) is 37.6 Å². The van der Waals surface area contributed by atoms with E-state index in [4.69, 9.17) is 9.47 Å². The lowest BCUT2D eigenvalue weighted by molar-refractivity contribution is -0.127. The molecule has 0 atom stereocenters. The average molecular weight is 348 g/mol. The molecule has 7 heteroatoms. The molecule has 0 aliphatic carbocycles. The van der Waals surface area contributed by atoms with E-state index in [-0.39, 0.29) is 37.9 Å². The van der Waals surface area contributed by atoms with Crippen LogP contribution in [0.25, 0.3) is 0 Å². The van der Waals surface area contributed by atoms with Crippen molar-refractivity contribution in [2.24, 2.45) is 0 Å². The van der Waals surface area contributed by atoms with Gasteiger partial charge in [-0.1, -0.05) is 0 Å². The number of carbonyl (C=O) groups is 3. The van der Waals surface area contributed by atoms with Crippen molar-refractivity contribution in [3.63, 3.8) is 0 Å². The summed E-state index contributed by atoms with van der Waals surface area (Å²) in [5.41, 5.74) is -0.203. The van der Waals surface area contributed by atoms with E-state index in [9.17, 15) is 14.4 Å². The quantitative estimate of drug-likeness (QED) is 0.767. The number of amides is 3. The number of ether oxygens (including phenoxy) is 2. The summed E-state index contributed by atoms with van der Waals surface area (Å²) < 4.78 is 10.4. The predicted molar refractivity (Wildman–Crippen MR) is 91.5 cm³/mol. The summed E-state index contributed by atoms with van der Waals surface area (Å²) in [6, 6.07) is 6.57. The highest BCUT2D eigenvalue weighted by Gasteiger charge is 2.30. The molecule has 0 aromatic heterocycles. The Morgan fingerprint density at radius 2 is 1.68 bits per heavy atom. The summed E-state index contributed by atoms with van der Waals surface area (Å²) in [7, 11) is 1.54. The molecule has 1 aromatic rings. The van der Waals surface area contributed by atoms with Gasteiger partial charge in [-0.3, -0.25) is 14.5 Å². The Hall–Kier alpha value is -2.57. The zero-order valence-corrected chi connectivity index (χ0v) is 15.1. The van der Waals surface area contributed by atoms with Gasteiger partial charge in [-0.05, 0) is 45.0 Å². The van der Waals surface area contributed by atoms with Crippen LogP contribution in [0.15, 0.2) is 24.3 Å². The highest BCUT2D eigenvalue weighted by Crippen LogP contribution is 2.16. The number of rotatable bonds is 2. The zero-order chi connectivity index (χ0) is 18.6. The number of carbonyl (C=O) groups excluding carboxylic acids is 3. The Morgan fingerprint density at radius 1 is 1.04 bits per heavy atom. The van der Waals surface area contributed by atoms with E-state index < -0.39 is 11.7 Å². The zero-order valence-electron chi connectivity index (χ0n) is 15.1. The van der Waals surface area contributed by atoms with Crippen LogP contribution in [0.5, 0.6) is 5.75 Å². The Labute approximate surface area is 147 Å². The molecule has 1 heterocycles. The Morgan fingerprint density at radius 3 is 2.24 bits per heavy atom. The molecule has 3 amide bonds. The fourth-order valence-electron chi connectivity index (χ4n) is 2.44. The fraction of sp³-hybridized carbons (Fsp3) is 0.500. The molecule has 1 aromatic carbocycles. The van der Waals surface area contributed by atoms with Crippen molar-refractivity contribution in [2.75, 3.05) is 26.7 Å². The summed E-state index contributed by atoms with van der Waals surface area (Å²) >= 11 is 0. The van der Waals surface area contributed by atoms with Crippen molar-refractivity contribution in [3.8, 4) is 5.75 Å². The monoisotopic (exact) mass is 348 g/mol. The molecule has 1 fully saturated rings. The minimum absolute atomic E-state index is 0.0845. The van der Waals surface area contributed by atoms with Gasteiger partial charge in [0.2, 0.25) is 5.91 Å². The van der Waals surface area contributed by atoms with E-state index in [1.807, 2.05) is 0 Å². The maximum absolute atomic E-state index is 12.6. The third-order valence-corrected chi connectivity index (χ3v) is 3.72. The first-order valence-electron chi connectivity index (χ1n) is 8.18. The molecular weight excluding hydrogens is 324 g/mol. The van der Waals surface area contributed by atoms with Crippen molar-refractivity contribution in [3.05, 3.63) is 29.8 Å². The number of hydrogen-bond acceptors (Lipinski definition) is 5. The number of hydrogen-bond donors (Lipinski definition) is 0. The lowest BCUT2D eigenvalue weighted by Gasteiger charge is -2.26.